The molecule has 0 saturated heterocycles. The maximum Gasteiger partial charge on any atom is 0.280 e. The highest BCUT2D eigenvalue weighted by Crippen LogP contribution is 2.34. The molecule has 0 saturated carbocycles. The fourth-order valence-corrected chi connectivity index (χ4v) is 2.76. The third kappa shape index (κ3) is 5.12. The van der Waals surface area contributed by atoms with Crippen LogP contribution in [0, 0.1) is 6.92 Å². The molecule has 0 bridgehead atoms. The number of hydrogen-bond donors (Lipinski definition) is 2. The number of hydrogen-bond acceptors (Lipinski definition) is 5. The Kier molecular flexibility index (Phi) is 6.88. The fourth-order valence-electron chi connectivity index (χ4n) is 2.07. The van der Waals surface area contributed by atoms with E-state index in [2.05, 4.69) is 26.5 Å². The van der Waals surface area contributed by atoms with E-state index in [0.29, 0.717) is 26.6 Å². The molecule has 0 aliphatic carbocycles. The van der Waals surface area contributed by atoms with Gasteiger partial charge in [0.1, 0.15) is 5.75 Å². The predicted molar refractivity (Wildman–Crippen MR) is 104 cm³/mol. The lowest BCUT2D eigenvalue weighted by atomic mass is 10.2. The van der Waals surface area contributed by atoms with Crippen LogP contribution in [0.25, 0.3) is 0 Å². The first-order valence-corrected chi connectivity index (χ1v) is 8.81. The second kappa shape index (κ2) is 8.91. The number of rotatable bonds is 6. The number of aromatic hydroxyl groups is 1. The molecule has 0 aliphatic heterocycles. The van der Waals surface area contributed by atoms with Crippen molar-refractivity contribution in [3.63, 3.8) is 0 Å². The molecule has 6 nitrogen and oxygen atoms in total. The van der Waals surface area contributed by atoms with Gasteiger partial charge in [-0.05, 0) is 71.2 Å². The Morgan fingerprint density at radius 3 is 2.73 bits per heavy atom. The summed E-state index contributed by atoms with van der Waals surface area (Å²) in [4.78, 5) is 12.1. The minimum absolute atomic E-state index is 0.00552. The van der Waals surface area contributed by atoms with E-state index in [9.17, 15) is 9.90 Å². The summed E-state index contributed by atoms with van der Waals surface area (Å²) in [6.07, 6.45) is 0.693. The fraction of sp³-hybridized carbons (Fsp3) is 0.222. The first-order valence-electron chi connectivity index (χ1n) is 7.64. The number of nitrogens with one attached hydrogen (secondary N) is 1. The molecule has 0 aliphatic rings. The van der Waals surface area contributed by atoms with Gasteiger partial charge in [0.05, 0.1) is 17.8 Å². The van der Waals surface area contributed by atoms with E-state index < -0.39 is 12.0 Å². The molecular weight excluding hydrogens is 424 g/mol. The predicted octanol–water partition coefficient (Wildman–Crippen LogP) is 4.04. The highest BCUT2D eigenvalue weighted by Gasteiger charge is 2.15. The van der Waals surface area contributed by atoms with Crippen LogP contribution in [0.3, 0.4) is 0 Å². The Hall–Kier alpha value is -2.25. The van der Waals surface area contributed by atoms with E-state index in [0.717, 1.165) is 5.56 Å². The second-order valence-corrected chi connectivity index (χ2v) is 6.75. The summed E-state index contributed by atoms with van der Waals surface area (Å²) in [5.41, 5.74) is 3.88. The number of aryl methyl sites for hydroxylation is 1. The summed E-state index contributed by atoms with van der Waals surface area (Å²) in [6.45, 7) is 3.47. The van der Waals surface area contributed by atoms with E-state index in [1.807, 2.05) is 6.92 Å². The van der Waals surface area contributed by atoms with E-state index >= 15 is 0 Å². The number of methoxy groups -OCH3 is 1. The molecule has 8 heteroatoms. The number of phenols is 1. The lowest BCUT2D eigenvalue weighted by Gasteiger charge is -2.15. The first kappa shape index (κ1) is 20.1. The summed E-state index contributed by atoms with van der Waals surface area (Å²) in [7, 11) is 1.45. The monoisotopic (exact) mass is 440 g/mol. The third-order valence-electron chi connectivity index (χ3n) is 3.47. The van der Waals surface area contributed by atoms with Gasteiger partial charge in [0.15, 0.2) is 17.6 Å². The highest BCUT2D eigenvalue weighted by molar-refractivity contribution is 9.10. The molecule has 138 valence electrons. The maximum atomic E-state index is 12.1. The standard InChI is InChI=1S/C18H18BrClN2O4/c1-10-6-13(20)4-5-15(10)26-11(2)18(24)22-21-9-12-7-14(19)17(23)16(8-12)25-3/h4-9,11,23H,1-3H3,(H,22,24)/b21-9+/t11-/m0/s1. The SMILES string of the molecule is COc1cc(/C=N/NC(=O)[C@H](C)Oc2ccc(Cl)cc2C)cc(Br)c1O. The normalized spacial score (nSPS) is 12.0. The van der Waals surface area contributed by atoms with Gasteiger partial charge in [0.2, 0.25) is 0 Å². The molecule has 1 atom stereocenters. The Morgan fingerprint density at radius 1 is 1.35 bits per heavy atom. The molecule has 2 aromatic carbocycles. The van der Waals surface area contributed by atoms with Crippen LogP contribution in [0.2, 0.25) is 5.02 Å². The van der Waals surface area contributed by atoms with E-state index in [4.69, 9.17) is 21.1 Å². The Balaban J connectivity index is 1.99. The summed E-state index contributed by atoms with van der Waals surface area (Å²) in [6, 6.07) is 8.40. The molecule has 0 heterocycles. The Bertz CT molecular complexity index is 842. The third-order valence-corrected chi connectivity index (χ3v) is 4.31. The number of hydrazone groups is 1. The number of benzene rings is 2. The average molecular weight is 442 g/mol. The zero-order valence-corrected chi connectivity index (χ0v) is 16.8. The number of carbonyl (C=O) groups is 1. The van der Waals surface area contributed by atoms with Gasteiger partial charge in [0, 0.05) is 5.02 Å². The van der Waals surface area contributed by atoms with E-state index in [1.54, 1.807) is 37.3 Å². The molecule has 26 heavy (non-hydrogen) atoms. The number of amides is 1. The first-order chi connectivity index (χ1) is 12.3. The van der Waals surface area contributed by atoms with Crippen molar-refractivity contribution in [1.29, 1.82) is 0 Å². The minimum Gasteiger partial charge on any atom is -0.503 e. The van der Waals surface area contributed by atoms with Crippen LogP contribution >= 0.6 is 27.5 Å². The molecule has 0 unspecified atom stereocenters. The van der Waals surface area contributed by atoms with Crippen molar-refractivity contribution >= 4 is 39.7 Å². The largest absolute Gasteiger partial charge is 0.503 e. The van der Waals surface area contributed by atoms with Crippen LogP contribution in [-0.2, 0) is 4.79 Å². The number of phenolic OH excluding ortho intramolecular Hbond substituents is 1. The van der Waals surface area contributed by atoms with Gasteiger partial charge in [-0.1, -0.05) is 11.6 Å². The van der Waals surface area contributed by atoms with Gasteiger partial charge in [-0.25, -0.2) is 5.43 Å². The molecule has 1 amide bonds. The van der Waals surface area contributed by atoms with Crippen molar-refractivity contribution in [1.82, 2.24) is 5.43 Å². The van der Waals surface area contributed by atoms with Crippen LogP contribution in [0.5, 0.6) is 17.2 Å². The van der Waals surface area contributed by atoms with Crippen LogP contribution < -0.4 is 14.9 Å². The van der Waals surface area contributed by atoms with Crippen molar-refractivity contribution in [3.05, 3.63) is 51.0 Å². The summed E-state index contributed by atoms with van der Waals surface area (Å²) < 4.78 is 11.1. The lowest BCUT2D eigenvalue weighted by molar-refractivity contribution is -0.127. The summed E-state index contributed by atoms with van der Waals surface area (Å²) >= 11 is 9.13. The van der Waals surface area contributed by atoms with Gasteiger partial charge in [-0.2, -0.15) is 5.10 Å². The molecule has 0 spiro atoms. The maximum absolute atomic E-state index is 12.1. The zero-order valence-electron chi connectivity index (χ0n) is 14.4. The second-order valence-electron chi connectivity index (χ2n) is 5.46. The van der Waals surface area contributed by atoms with E-state index in [-0.39, 0.29) is 5.75 Å². The van der Waals surface area contributed by atoms with Crippen LogP contribution in [0.15, 0.2) is 39.9 Å². The number of halogens is 2. The van der Waals surface area contributed by atoms with Gasteiger partial charge in [-0.15, -0.1) is 0 Å². The molecule has 0 radical (unpaired) electrons. The Labute approximate surface area is 164 Å². The number of ether oxygens (including phenoxy) is 2. The van der Waals surface area contributed by atoms with Crippen LogP contribution in [0.1, 0.15) is 18.1 Å². The number of nitrogens with zero attached hydrogens (tertiary/aromatic N) is 1. The van der Waals surface area contributed by atoms with Gasteiger partial charge >= 0.3 is 0 Å². The molecular formula is C18H18BrClN2O4. The van der Waals surface area contributed by atoms with Crippen molar-refractivity contribution in [2.45, 2.75) is 20.0 Å². The van der Waals surface area contributed by atoms with Crippen molar-refractivity contribution in [2.24, 2.45) is 5.10 Å². The van der Waals surface area contributed by atoms with Crippen molar-refractivity contribution in [3.8, 4) is 17.2 Å². The molecule has 2 rings (SSSR count). The molecule has 0 aromatic heterocycles. The Morgan fingerprint density at radius 2 is 2.08 bits per heavy atom. The highest BCUT2D eigenvalue weighted by atomic mass is 79.9. The summed E-state index contributed by atoms with van der Waals surface area (Å²) in [5, 5.41) is 14.3. The smallest absolute Gasteiger partial charge is 0.280 e. The van der Waals surface area contributed by atoms with Crippen molar-refractivity contribution in [2.75, 3.05) is 7.11 Å². The average Bonchev–Trinajstić information content (AvgIpc) is 2.60. The zero-order chi connectivity index (χ0) is 19.3. The van der Waals surface area contributed by atoms with Gasteiger partial charge in [0.25, 0.3) is 5.91 Å². The lowest BCUT2D eigenvalue weighted by Crippen LogP contribution is -2.33. The van der Waals surface area contributed by atoms with E-state index in [1.165, 1.54) is 13.3 Å². The van der Waals surface area contributed by atoms with Gasteiger partial charge < -0.3 is 14.6 Å². The quantitative estimate of drug-likeness (QED) is 0.524. The van der Waals surface area contributed by atoms with Crippen molar-refractivity contribution < 1.29 is 19.4 Å². The molecule has 2 aromatic rings. The molecule has 2 N–H and O–H groups in total. The van der Waals surface area contributed by atoms with Gasteiger partial charge in [-0.3, -0.25) is 4.79 Å². The van der Waals surface area contributed by atoms with Crippen LogP contribution in [0.4, 0.5) is 0 Å². The molecule has 0 fully saturated rings. The summed E-state index contributed by atoms with van der Waals surface area (Å²) in [5.74, 6) is 0.463. The van der Waals surface area contributed by atoms with Crippen LogP contribution in [-0.4, -0.2) is 30.4 Å². The minimum atomic E-state index is -0.742. The number of carbonyl (C=O) groups excluding carboxylic acids is 1. The topological polar surface area (TPSA) is 80.2 Å².